The summed E-state index contributed by atoms with van der Waals surface area (Å²) < 4.78 is 141. The summed E-state index contributed by atoms with van der Waals surface area (Å²) in [5.41, 5.74) is 0. The first kappa shape index (κ1) is 16.7. The van der Waals surface area contributed by atoms with Gasteiger partial charge in [0.2, 0.25) is 0 Å². The molecule has 0 aromatic rings. The molecule has 0 saturated heterocycles. The molecule has 0 radical (unpaired) electrons. The van der Waals surface area contributed by atoms with Gasteiger partial charge in [0.15, 0.2) is 0 Å². The van der Waals surface area contributed by atoms with Gasteiger partial charge in [-0.15, -0.1) is 0 Å². The number of halogens is 12. The summed E-state index contributed by atoms with van der Waals surface area (Å²) in [4.78, 5) is 0. The summed E-state index contributed by atoms with van der Waals surface area (Å²) in [6.07, 6.45) is 0. The molecule has 0 unspecified atom stereocenters. The molecule has 0 heterocycles. The van der Waals surface area contributed by atoms with E-state index in [1.54, 1.807) is 0 Å². The van der Waals surface area contributed by atoms with Crippen molar-refractivity contribution in [2.75, 3.05) is 0 Å². The number of hydrogen-bond donors (Lipinski definition) is 0. The van der Waals surface area contributed by atoms with Crippen LogP contribution < -0.4 is 0 Å². The number of rotatable bonds is 0. The van der Waals surface area contributed by atoms with Gasteiger partial charge in [0.25, 0.3) is 0 Å². The molecule has 0 aromatic heterocycles. The average Bonchev–Trinajstić information content (AvgIpc) is 1.67. The Morgan fingerprint density at radius 2 is 0.471 bits per heavy atom. The van der Waals surface area contributed by atoms with E-state index in [1.807, 2.05) is 0 Å². The van der Waals surface area contributed by atoms with E-state index in [1.165, 1.54) is 0 Å². The maximum absolute atomic E-state index is 11.8. The Kier molecular flexibility index (Phi) is 3.78. The van der Waals surface area contributed by atoms with Gasteiger partial charge in [-0.05, 0) is 0 Å². The van der Waals surface area contributed by atoms with Gasteiger partial charge in [0.05, 0.1) is 0 Å². The second-order valence-electron chi connectivity index (χ2n) is 2.74. The monoisotopic (exact) mass is 350 g/mol. The van der Waals surface area contributed by atoms with Gasteiger partial charge >= 0.3 is 86.0 Å². The van der Waals surface area contributed by atoms with E-state index in [0.717, 1.165) is 0 Å². The summed E-state index contributed by atoms with van der Waals surface area (Å²) in [5, 5.41) is -29.7. The van der Waals surface area contributed by atoms with Crippen LogP contribution in [0.15, 0.2) is 0 Å². The third-order valence-corrected chi connectivity index (χ3v) is 8.84. The van der Waals surface area contributed by atoms with Crippen molar-refractivity contribution in [1.82, 2.24) is 0 Å². The first-order chi connectivity index (χ1) is 7.00. The number of hydrogen-bond acceptors (Lipinski definition) is 0. The summed E-state index contributed by atoms with van der Waals surface area (Å²) >= 11 is -10.3. The molecule has 13 heteroatoms. The van der Waals surface area contributed by atoms with Gasteiger partial charge in [0, 0.05) is 0 Å². The molecular weight excluding hydrogens is 349 g/mol. The molecule has 0 amide bonds. The van der Waals surface area contributed by atoms with Crippen LogP contribution in [0.25, 0.3) is 0 Å². The zero-order valence-corrected chi connectivity index (χ0v) is 9.13. The maximum atomic E-state index is 11.8. The van der Waals surface area contributed by atoms with Crippen LogP contribution in [0, 0.1) is 0 Å². The second-order valence-corrected chi connectivity index (χ2v) is 10.6. The zero-order valence-electron chi connectivity index (χ0n) is 7.04. The average molecular weight is 349 g/mol. The van der Waals surface area contributed by atoms with Gasteiger partial charge in [-0.2, -0.15) is 0 Å². The van der Waals surface area contributed by atoms with Crippen LogP contribution in [0.3, 0.4) is 0 Å². The molecule has 0 aromatic carbocycles. The van der Waals surface area contributed by atoms with Crippen LogP contribution in [0.5, 0.6) is 0 Å². The molecule has 0 spiro atoms. The van der Waals surface area contributed by atoms with Crippen molar-refractivity contribution >= 4 is 13.3 Å². The van der Waals surface area contributed by atoms with Crippen molar-refractivity contribution < 1.29 is 52.7 Å². The fraction of sp³-hybridized carbons (Fsp3) is 1.00. The third-order valence-electron chi connectivity index (χ3n) is 1.70. The second kappa shape index (κ2) is 3.85. The van der Waals surface area contributed by atoms with Crippen molar-refractivity contribution in [1.29, 1.82) is 0 Å². The van der Waals surface area contributed by atoms with Crippen LogP contribution in [0.1, 0.15) is 0 Å². The quantitative estimate of drug-likeness (QED) is 0.461. The number of alkyl halides is 12. The molecule has 0 rings (SSSR count). The minimum atomic E-state index is -10.3. The van der Waals surface area contributed by atoms with Crippen molar-refractivity contribution in [2.24, 2.45) is 0 Å². The Balaban J connectivity index is 6.37. The summed E-state index contributed by atoms with van der Waals surface area (Å²) in [6.45, 7) is 0. The van der Waals surface area contributed by atoms with Crippen LogP contribution in [-0.2, 0) is 0 Å². The van der Waals surface area contributed by atoms with Gasteiger partial charge < -0.3 is 0 Å². The molecule has 0 aliphatic carbocycles. The van der Waals surface area contributed by atoms with Crippen LogP contribution in [-0.4, -0.2) is 33.3 Å². The minimum absolute atomic E-state index is 7.42. The molecule has 0 atom stereocenters. The predicted molar refractivity (Wildman–Crippen MR) is 30.0 cm³/mol. The van der Waals surface area contributed by atoms with Crippen LogP contribution >= 0.6 is 0 Å². The Labute approximate surface area is 86.9 Å². The van der Waals surface area contributed by atoms with Gasteiger partial charge in [-0.3, -0.25) is 0 Å². The van der Waals surface area contributed by atoms with Crippen molar-refractivity contribution in [3.8, 4) is 0 Å². The molecule has 0 saturated carbocycles. The van der Waals surface area contributed by atoms with Gasteiger partial charge in [-0.1, -0.05) is 0 Å². The van der Waals surface area contributed by atoms with Gasteiger partial charge in [0.1, 0.15) is 0 Å². The van der Waals surface area contributed by atoms with E-state index in [2.05, 4.69) is 0 Å². The Morgan fingerprint density at radius 3 is 0.471 bits per heavy atom. The first-order valence-corrected chi connectivity index (χ1v) is 7.46. The molecule has 0 nitrogen and oxygen atoms in total. The molecule has 17 heavy (non-hydrogen) atoms. The summed E-state index contributed by atoms with van der Waals surface area (Å²) in [5.74, 6) is 0. The van der Waals surface area contributed by atoms with E-state index in [-0.39, 0.29) is 0 Å². The molecule has 0 N–H and O–H groups in total. The zero-order chi connectivity index (χ0) is 14.5. The van der Waals surface area contributed by atoms with Crippen LogP contribution in [0.4, 0.5) is 52.7 Å². The first-order valence-electron chi connectivity index (χ1n) is 3.27. The van der Waals surface area contributed by atoms with E-state index in [0.29, 0.717) is 0 Å². The SMILES string of the molecule is F[C](F)(F)[Ge]([C](F)(F)F)([C](F)(F)F)[C](F)(F)F. The van der Waals surface area contributed by atoms with E-state index >= 15 is 0 Å². The molecule has 0 bridgehead atoms. The van der Waals surface area contributed by atoms with E-state index in [4.69, 9.17) is 0 Å². The topological polar surface area (TPSA) is 0 Å². The standard InChI is InChI=1S/C4F12Ge/c5-1(6,7)17(2(8,9)10,3(11,12)13)4(14,15)16. The third kappa shape index (κ3) is 2.31. The van der Waals surface area contributed by atoms with Gasteiger partial charge in [-0.25, -0.2) is 0 Å². The van der Waals surface area contributed by atoms with E-state index < -0.39 is 33.3 Å². The van der Waals surface area contributed by atoms with Crippen LogP contribution in [0.2, 0.25) is 0 Å². The van der Waals surface area contributed by atoms with E-state index in [9.17, 15) is 52.7 Å². The fourth-order valence-corrected chi connectivity index (χ4v) is 5.01. The molecular formula is C4F12Ge. The predicted octanol–water partition coefficient (Wildman–Crippen LogP) is 3.84. The summed E-state index contributed by atoms with van der Waals surface area (Å²) in [6, 6.07) is 0. The normalized spacial score (nSPS) is 16.2. The fourth-order valence-electron chi connectivity index (χ4n) is 0.964. The van der Waals surface area contributed by atoms with Crippen molar-refractivity contribution in [2.45, 2.75) is 20.0 Å². The van der Waals surface area contributed by atoms with Crippen molar-refractivity contribution in [3.05, 3.63) is 0 Å². The molecule has 104 valence electrons. The molecule has 0 aliphatic rings. The molecule has 0 fully saturated rings. The van der Waals surface area contributed by atoms with Crippen molar-refractivity contribution in [3.63, 3.8) is 0 Å². The summed E-state index contributed by atoms with van der Waals surface area (Å²) in [7, 11) is 0. The Morgan fingerprint density at radius 1 is 0.353 bits per heavy atom. The Hall–Kier alpha value is -0.297. The Bertz CT molecular complexity index is 211. The molecule has 0 aliphatic heterocycles.